The van der Waals surface area contributed by atoms with Crippen molar-refractivity contribution in [2.75, 3.05) is 19.6 Å². The Morgan fingerprint density at radius 2 is 2.33 bits per heavy atom. The van der Waals surface area contributed by atoms with E-state index >= 15 is 0 Å². The first-order valence-corrected chi connectivity index (χ1v) is 5.52. The fourth-order valence-corrected chi connectivity index (χ4v) is 1.48. The number of carbonyl (C=O) groups excluding carboxylic acids is 2. The lowest BCUT2D eigenvalue weighted by Crippen LogP contribution is -2.54. The first kappa shape index (κ1) is 12.0. The molecule has 1 atom stereocenters. The summed E-state index contributed by atoms with van der Waals surface area (Å²) in [5.41, 5.74) is 0. The maximum absolute atomic E-state index is 11.4. The number of unbranched alkanes of at least 4 members (excludes halogenated alkanes) is 1. The molecule has 0 aromatic heterocycles. The first-order chi connectivity index (χ1) is 7.24. The van der Waals surface area contributed by atoms with Crippen molar-refractivity contribution in [2.24, 2.45) is 0 Å². The minimum absolute atomic E-state index is 0.0574. The van der Waals surface area contributed by atoms with Crippen LogP contribution in [0.2, 0.25) is 0 Å². The molecule has 1 aliphatic rings. The zero-order valence-corrected chi connectivity index (χ0v) is 9.14. The van der Waals surface area contributed by atoms with E-state index in [0.717, 1.165) is 19.4 Å². The Morgan fingerprint density at radius 1 is 1.53 bits per heavy atom. The van der Waals surface area contributed by atoms with Crippen LogP contribution in [0.25, 0.3) is 0 Å². The number of piperazine rings is 1. The summed E-state index contributed by atoms with van der Waals surface area (Å²) in [5.74, 6) is -0.134. The number of amides is 2. The molecular weight excluding hydrogens is 194 g/mol. The largest absolute Gasteiger partial charge is 0.356 e. The molecule has 5 heteroatoms. The normalized spacial score (nSPS) is 20.9. The van der Waals surface area contributed by atoms with Gasteiger partial charge < -0.3 is 16.0 Å². The zero-order chi connectivity index (χ0) is 11.1. The molecule has 5 nitrogen and oxygen atoms in total. The first-order valence-electron chi connectivity index (χ1n) is 5.52. The second kappa shape index (κ2) is 6.40. The third kappa shape index (κ3) is 4.29. The highest BCUT2D eigenvalue weighted by Crippen LogP contribution is 1.96. The van der Waals surface area contributed by atoms with Gasteiger partial charge in [-0.05, 0) is 6.42 Å². The van der Waals surface area contributed by atoms with E-state index in [9.17, 15) is 9.59 Å². The van der Waals surface area contributed by atoms with Crippen LogP contribution in [-0.2, 0) is 9.59 Å². The average molecular weight is 213 g/mol. The molecule has 1 aliphatic heterocycles. The van der Waals surface area contributed by atoms with Crippen LogP contribution in [0.3, 0.4) is 0 Å². The maximum atomic E-state index is 11.4. The monoisotopic (exact) mass is 213 g/mol. The molecule has 0 spiro atoms. The molecule has 1 heterocycles. The standard InChI is InChI=1S/C10H19N3O2/c1-2-3-4-12-9(14)7-8-10(15)13-6-5-11-8/h8,11H,2-7H2,1H3,(H,12,14)(H,13,15)/t8-/m1/s1. The maximum Gasteiger partial charge on any atom is 0.237 e. The molecule has 1 fully saturated rings. The highest BCUT2D eigenvalue weighted by molar-refractivity contribution is 5.88. The van der Waals surface area contributed by atoms with Gasteiger partial charge in [0, 0.05) is 19.6 Å². The van der Waals surface area contributed by atoms with E-state index in [1.165, 1.54) is 0 Å². The van der Waals surface area contributed by atoms with E-state index in [1.807, 2.05) is 0 Å². The van der Waals surface area contributed by atoms with Crippen LogP contribution in [0.4, 0.5) is 0 Å². The number of carbonyl (C=O) groups is 2. The van der Waals surface area contributed by atoms with Crippen LogP contribution in [0.5, 0.6) is 0 Å². The van der Waals surface area contributed by atoms with Gasteiger partial charge in [-0.15, -0.1) is 0 Å². The summed E-state index contributed by atoms with van der Waals surface area (Å²) >= 11 is 0. The molecular formula is C10H19N3O2. The molecule has 1 rings (SSSR count). The van der Waals surface area contributed by atoms with E-state index in [-0.39, 0.29) is 24.3 Å². The van der Waals surface area contributed by atoms with Crippen LogP contribution in [0, 0.1) is 0 Å². The SMILES string of the molecule is CCCCNC(=O)C[C@H]1NCCNC1=O. The minimum atomic E-state index is -0.361. The molecule has 15 heavy (non-hydrogen) atoms. The molecule has 1 saturated heterocycles. The highest BCUT2D eigenvalue weighted by Gasteiger charge is 2.23. The Labute approximate surface area is 90.0 Å². The predicted molar refractivity (Wildman–Crippen MR) is 57.3 cm³/mol. The van der Waals surface area contributed by atoms with E-state index in [4.69, 9.17) is 0 Å². The van der Waals surface area contributed by atoms with Gasteiger partial charge in [-0.1, -0.05) is 13.3 Å². The van der Waals surface area contributed by atoms with Gasteiger partial charge in [-0.3, -0.25) is 9.59 Å². The second-order valence-electron chi connectivity index (χ2n) is 3.71. The van der Waals surface area contributed by atoms with Gasteiger partial charge in [-0.2, -0.15) is 0 Å². The van der Waals surface area contributed by atoms with Gasteiger partial charge >= 0.3 is 0 Å². The Balaban J connectivity index is 2.21. The number of nitrogens with one attached hydrogen (secondary N) is 3. The predicted octanol–water partition coefficient (Wildman–Crippen LogP) is -0.619. The molecule has 0 unspecified atom stereocenters. The van der Waals surface area contributed by atoms with E-state index in [0.29, 0.717) is 13.1 Å². The number of hydrogen-bond acceptors (Lipinski definition) is 3. The van der Waals surface area contributed by atoms with Gasteiger partial charge in [0.1, 0.15) is 0 Å². The molecule has 2 amide bonds. The average Bonchev–Trinajstić information content (AvgIpc) is 2.22. The van der Waals surface area contributed by atoms with Crippen molar-refractivity contribution in [1.29, 1.82) is 0 Å². The number of hydrogen-bond donors (Lipinski definition) is 3. The van der Waals surface area contributed by atoms with Gasteiger partial charge in [0.05, 0.1) is 12.5 Å². The minimum Gasteiger partial charge on any atom is -0.356 e. The number of rotatable bonds is 5. The Bertz CT molecular complexity index is 231. The Hall–Kier alpha value is -1.10. The van der Waals surface area contributed by atoms with Crippen LogP contribution in [0.1, 0.15) is 26.2 Å². The summed E-state index contributed by atoms with van der Waals surface area (Å²) in [4.78, 5) is 22.7. The molecule has 0 radical (unpaired) electrons. The lowest BCUT2D eigenvalue weighted by atomic mass is 10.1. The van der Waals surface area contributed by atoms with Gasteiger partial charge in [0.25, 0.3) is 0 Å². The second-order valence-corrected chi connectivity index (χ2v) is 3.71. The van der Waals surface area contributed by atoms with Crippen molar-refractivity contribution in [2.45, 2.75) is 32.2 Å². The summed E-state index contributed by atoms with van der Waals surface area (Å²) in [7, 11) is 0. The Kier molecular flexibility index (Phi) is 5.10. The lowest BCUT2D eigenvalue weighted by Gasteiger charge is -2.22. The molecule has 3 N–H and O–H groups in total. The molecule has 0 bridgehead atoms. The highest BCUT2D eigenvalue weighted by atomic mass is 16.2. The van der Waals surface area contributed by atoms with E-state index in [2.05, 4.69) is 22.9 Å². The van der Waals surface area contributed by atoms with Crippen molar-refractivity contribution in [3.63, 3.8) is 0 Å². The summed E-state index contributed by atoms with van der Waals surface area (Å²) in [5, 5.41) is 8.53. The van der Waals surface area contributed by atoms with Crippen molar-refractivity contribution in [1.82, 2.24) is 16.0 Å². The molecule has 0 saturated carbocycles. The van der Waals surface area contributed by atoms with Gasteiger partial charge in [-0.25, -0.2) is 0 Å². The Morgan fingerprint density at radius 3 is 3.00 bits per heavy atom. The smallest absolute Gasteiger partial charge is 0.237 e. The third-order valence-corrected chi connectivity index (χ3v) is 2.37. The fraction of sp³-hybridized carbons (Fsp3) is 0.800. The zero-order valence-electron chi connectivity index (χ0n) is 9.14. The molecule has 86 valence electrons. The quantitative estimate of drug-likeness (QED) is 0.533. The summed E-state index contributed by atoms with van der Waals surface area (Å²) in [6.07, 6.45) is 2.27. The summed E-state index contributed by atoms with van der Waals surface area (Å²) in [6.45, 7) is 4.15. The molecule has 0 aromatic carbocycles. The summed E-state index contributed by atoms with van der Waals surface area (Å²) < 4.78 is 0. The summed E-state index contributed by atoms with van der Waals surface area (Å²) in [6, 6.07) is -0.361. The third-order valence-electron chi connectivity index (χ3n) is 2.37. The lowest BCUT2D eigenvalue weighted by molar-refractivity contribution is -0.129. The molecule has 0 aromatic rings. The van der Waals surface area contributed by atoms with Gasteiger partial charge in [0.2, 0.25) is 11.8 Å². The van der Waals surface area contributed by atoms with Crippen molar-refractivity contribution in [3.05, 3.63) is 0 Å². The topological polar surface area (TPSA) is 70.2 Å². The van der Waals surface area contributed by atoms with Gasteiger partial charge in [0.15, 0.2) is 0 Å². The van der Waals surface area contributed by atoms with E-state index in [1.54, 1.807) is 0 Å². The van der Waals surface area contributed by atoms with Crippen LogP contribution in [-0.4, -0.2) is 37.5 Å². The van der Waals surface area contributed by atoms with Crippen LogP contribution >= 0.6 is 0 Å². The van der Waals surface area contributed by atoms with Crippen molar-refractivity contribution in [3.8, 4) is 0 Å². The fourth-order valence-electron chi connectivity index (χ4n) is 1.48. The van der Waals surface area contributed by atoms with Crippen molar-refractivity contribution >= 4 is 11.8 Å². The van der Waals surface area contributed by atoms with E-state index < -0.39 is 0 Å². The van der Waals surface area contributed by atoms with Crippen LogP contribution < -0.4 is 16.0 Å². The molecule has 0 aliphatic carbocycles. The van der Waals surface area contributed by atoms with Crippen LogP contribution in [0.15, 0.2) is 0 Å². The van der Waals surface area contributed by atoms with Crippen molar-refractivity contribution < 1.29 is 9.59 Å².